The summed E-state index contributed by atoms with van der Waals surface area (Å²) < 4.78 is 0. The topological polar surface area (TPSA) is 55.0 Å². The second-order valence-electron chi connectivity index (χ2n) is 5.23. The summed E-state index contributed by atoms with van der Waals surface area (Å²) in [6.07, 6.45) is 5.64. The Morgan fingerprint density at radius 3 is 2.57 bits per heavy atom. The molecule has 0 fully saturated rings. The molecule has 2 heterocycles. The molecule has 0 amide bonds. The summed E-state index contributed by atoms with van der Waals surface area (Å²) in [5.74, 6) is 0.983. The quantitative estimate of drug-likeness (QED) is 0.849. The van der Waals surface area contributed by atoms with Gasteiger partial charge in [0, 0.05) is 25.0 Å². The van der Waals surface area contributed by atoms with Gasteiger partial charge in [0.2, 0.25) is 0 Å². The fraction of sp³-hybridized carbons (Fsp3) is 0.412. The van der Waals surface area contributed by atoms with Crippen LogP contribution in [0, 0.1) is 0 Å². The van der Waals surface area contributed by atoms with Gasteiger partial charge in [-0.3, -0.25) is 4.98 Å². The number of aromatic nitrogens is 2. The number of rotatable bonds is 7. The maximum atomic E-state index is 5.98. The van der Waals surface area contributed by atoms with E-state index < -0.39 is 0 Å². The fourth-order valence-electron chi connectivity index (χ4n) is 2.21. The van der Waals surface area contributed by atoms with Gasteiger partial charge in [0.05, 0.1) is 12.2 Å². The zero-order valence-corrected chi connectivity index (χ0v) is 12.9. The molecule has 0 radical (unpaired) electrons. The molecular weight excluding hydrogens is 260 g/mol. The van der Waals surface area contributed by atoms with E-state index in [0.717, 1.165) is 37.4 Å². The summed E-state index contributed by atoms with van der Waals surface area (Å²) in [6, 6.07) is 10.4. The average molecular weight is 284 g/mol. The first-order chi connectivity index (χ1) is 10.2. The van der Waals surface area contributed by atoms with Crippen molar-refractivity contribution in [3.63, 3.8) is 0 Å². The molecule has 1 atom stereocenters. The lowest BCUT2D eigenvalue weighted by Gasteiger charge is -2.21. The Morgan fingerprint density at radius 1 is 1.14 bits per heavy atom. The first-order valence-corrected chi connectivity index (χ1v) is 7.58. The lowest BCUT2D eigenvalue weighted by atomic mass is 10.1. The minimum atomic E-state index is 0.216. The summed E-state index contributed by atoms with van der Waals surface area (Å²) in [5, 5.41) is 0. The van der Waals surface area contributed by atoms with E-state index in [1.807, 2.05) is 30.6 Å². The molecule has 0 saturated heterocycles. The highest BCUT2D eigenvalue weighted by molar-refractivity contribution is 5.39. The van der Waals surface area contributed by atoms with E-state index in [0.29, 0.717) is 0 Å². The maximum Gasteiger partial charge on any atom is 0.128 e. The SMILES string of the molecule is CCC(N)Cc1ccc(N(CC)Cc2ccccn2)nc1. The van der Waals surface area contributed by atoms with Crippen LogP contribution >= 0.6 is 0 Å². The monoisotopic (exact) mass is 284 g/mol. The number of hydrogen-bond donors (Lipinski definition) is 1. The first kappa shape index (κ1) is 15.4. The Bertz CT molecular complexity index is 524. The number of anilines is 1. The van der Waals surface area contributed by atoms with Crippen molar-refractivity contribution < 1.29 is 0 Å². The van der Waals surface area contributed by atoms with E-state index >= 15 is 0 Å². The van der Waals surface area contributed by atoms with Crippen molar-refractivity contribution in [3.05, 3.63) is 54.0 Å². The Hall–Kier alpha value is -1.94. The number of nitrogens with two attached hydrogens (primary N) is 1. The Morgan fingerprint density at radius 2 is 2.00 bits per heavy atom. The molecule has 2 N–H and O–H groups in total. The van der Waals surface area contributed by atoms with Crippen molar-refractivity contribution in [2.75, 3.05) is 11.4 Å². The van der Waals surface area contributed by atoms with Gasteiger partial charge in [-0.15, -0.1) is 0 Å². The average Bonchev–Trinajstić information content (AvgIpc) is 2.54. The second-order valence-corrected chi connectivity index (χ2v) is 5.23. The van der Waals surface area contributed by atoms with Crippen LogP contribution in [0.1, 0.15) is 31.5 Å². The third-order valence-corrected chi connectivity index (χ3v) is 3.62. The molecule has 0 spiro atoms. The molecule has 0 aliphatic heterocycles. The van der Waals surface area contributed by atoms with Crippen molar-refractivity contribution in [1.82, 2.24) is 9.97 Å². The van der Waals surface area contributed by atoms with Crippen LogP contribution in [0.25, 0.3) is 0 Å². The molecule has 21 heavy (non-hydrogen) atoms. The van der Waals surface area contributed by atoms with Crippen molar-refractivity contribution in [2.24, 2.45) is 5.73 Å². The lowest BCUT2D eigenvalue weighted by Crippen LogP contribution is -2.24. The van der Waals surface area contributed by atoms with Gasteiger partial charge in [-0.1, -0.05) is 19.1 Å². The van der Waals surface area contributed by atoms with Crippen molar-refractivity contribution in [2.45, 2.75) is 39.3 Å². The summed E-state index contributed by atoms with van der Waals surface area (Å²) in [4.78, 5) is 11.2. The Balaban J connectivity index is 2.05. The maximum absolute atomic E-state index is 5.98. The van der Waals surface area contributed by atoms with Crippen molar-refractivity contribution in [1.29, 1.82) is 0 Å². The predicted octanol–water partition coefficient (Wildman–Crippen LogP) is 2.78. The molecule has 0 aromatic carbocycles. The van der Waals surface area contributed by atoms with Crippen molar-refractivity contribution >= 4 is 5.82 Å². The normalized spacial score (nSPS) is 12.1. The molecular formula is C17H24N4. The van der Waals surface area contributed by atoms with Crippen LogP contribution < -0.4 is 10.6 Å². The molecule has 0 bridgehead atoms. The number of nitrogens with zero attached hydrogens (tertiary/aromatic N) is 3. The van der Waals surface area contributed by atoms with Gasteiger partial charge >= 0.3 is 0 Å². The standard InChI is InChI=1S/C17H24N4/c1-3-15(18)11-14-8-9-17(20-12-14)21(4-2)13-16-7-5-6-10-19-16/h5-10,12,15H,3-4,11,13,18H2,1-2H3. The van der Waals surface area contributed by atoms with Crippen LogP contribution in [0.15, 0.2) is 42.7 Å². The lowest BCUT2D eigenvalue weighted by molar-refractivity contribution is 0.645. The highest BCUT2D eigenvalue weighted by atomic mass is 15.2. The molecule has 112 valence electrons. The second kappa shape index (κ2) is 7.74. The Kier molecular flexibility index (Phi) is 5.69. The Labute approximate surface area is 127 Å². The van der Waals surface area contributed by atoms with E-state index in [2.05, 4.69) is 40.8 Å². The fourth-order valence-corrected chi connectivity index (χ4v) is 2.21. The van der Waals surface area contributed by atoms with Crippen LogP contribution in [-0.4, -0.2) is 22.6 Å². The molecule has 1 unspecified atom stereocenters. The van der Waals surface area contributed by atoms with Crippen LogP contribution in [0.2, 0.25) is 0 Å². The van der Waals surface area contributed by atoms with Gasteiger partial charge in [0.15, 0.2) is 0 Å². The summed E-state index contributed by atoms with van der Waals surface area (Å²) in [5.41, 5.74) is 8.23. The third-order valence-electron chi connectivity index (χ3n) is 3.62. The molecule has 2 aromatic heterocycles. The zero-order valence-electron chi connectivity index (χ0n) is 12.9. The van der Waals surface area contributed by atoms with Gasteiger partial charge in [-0.25, -0.2) is 4.98 Å². The molecule has 2 rings (SSSR count). The van der Waals surface area contributed by atoms with Crippen LogP contribution in [0.5, 0.6) is 0 Å². The van der Waals surface area contributed by atoms with Gasteiger partial charge in [0.1, 0.15) is 5.82 Å². The van der Waals surface area contributed by atoms with Gasteiger partial charge in [0.25, 0.3) is 0 Å². The van der Waals surface area contributed by atoms with Gasteiger partial charge < -0.3 is 10.6 Å². The van der Waals surface area contributed by atoms with Crippen molar-refractivity contribution in [3.8, 4) is 0 Å². The number of pyridine rings is 2. The van der Waals surface area contributed by atoms with Gasteiger partial charge in [-0.05, 0) is 43.5 Å². The minimum Gasteiger partial charge on any atom is -0.351 e. The zero-order chi connectivity index (χ0) is 15.1. The molecule has 0 saturated carbocycles. The van der Waals surface area contributed by atoms with Gasteiger partial charge in [-0.2, -0.15) is 0 Å². The van der Waals surface area contributed by atoms with Crippen LogP contribution in [0.3, 0.4) is 0 Å². The summed E-state index contributed by atoms with van der Waals surface area (Å²) in [7, 11) is 0. The third kappa shape index (κ3) is 4.53. The number of hydrogen-bond acceptors (Lipinski definition) is 4. The van der Waals surface area contributed by atoms with E-state index in [4.69, 9.17) is 5.73 Å². The van der Waals surface area contributed by atoms with E-state index in [1.165, 1.54) is 5.56 Å². The van der Waals surface area contributed by atoms with Crippen LogP contribution in [-0.2, 0) is 13.0 Å². The predicted molar refractivity (Wildman–Crippen MR) is 87.2 cm³/mol. The largest absolute Gasteiger partial charge is 0.351 e. The molecule has 4 nitrogen and oxygen atoms in total. The molecule has 4 heteroatoms. The highest BCUT2D eigenvalue weighted by Crippen LogP contribution is 2.15. The molecule has 0 aliphatic carbocycles. The first-order valence-electron chi connectivity index (χ1n) is 7.58. The highest BCUT2D eigenvalue weighted by Gasteiger charge is 2.08. The smallest absolute Gasteiger partial charge is 0.128 e. The minimum absolute atomic E-state index is 0.216. The van der Waals surface area contributed by atoms with Crippen LogP contribution in [0.4, 0.5) is 5.82 Å². The van der Waals surface area contributed by atoms with E-state index in [-0.39, 0.29) is 6.04 Å². The summed E-state index contributed by atoms with van der Waals surface area (Å²) >= 11 is 0. The van der Waals surface area contributed by atoms with E-state index in [9.17, 15) is 0 Å². The molecule has 0 aliphatic rings. The molecule has 2 aromatic rings. The van der Waals surface area contributed by atoms with E-state index in [1.54, 1.807) is 0 Å². The summed E-state index contributed by atoms with van der Waals surface area (Å²) in [6.45, 7) is 5.92.